The summed E-state index contributed by atoms with van der Waals surface area (Å²) in [4.78, 5) is 11.6. The quantitative estimate of drug-likeness (QED) is 0.844. The smallest absolute Gasteiger partial charge is 0.237 e. The summed E-state index contributed by atoms with van der Waals surface area (Å²) < 4.78 is 0. The largest absolute Gasteiger partial charge is 0.345 e. The Hall–Kier alpha value is -1.06. The highest BCUT2D eigenvalue weighted by molar-refractivity contribution is 6.30. The molecule has 0 heterocycles. The van der Waals surface area contributed by atoms with Gasteiger partial charge in [-0.3, -0.25) is 4.79 Å². The minimum absolute atomic E-state index is 0.113. The van der Waals surface area contributed by atoms with Gasteiger partial charge in [0.25, 0.3) is 0 Å². The maximum absolute atomic E-state index is 11.6. The van der Waals surface area contributed by atoms with Crippen LogP contribution in [0.25, 0.3) is 0 Å². The van der Waals surface area contributed by atoms with Crippen LogP contribution in [-0.4, -0.2) is 11.9 Å². The molecule has 3 nitrogen and oxygen atoms in total. The molecule has 1 atom stereocenters. The molecule has 0 aliphatic heterocycles. The molecule has 0 aromatic heterocycles. The van der Waals surface area contributed by atoms with Crippen molar-refractivity contribution >= 4 is 17.5 Å². The van der Waals surface area contributed by atoms with E-state index in [1.807, 2.05) is 24.3 Å². The van der Waals surface area contributed by atoms with E-state index in [1.54, 1.807) is 6.92 Å². The Morgan fingerprint density at radius 2 is 2.25 bits per heavy atom. The van der Waals surface area contributed by atoms with Gasteiger partial charge in [0.15, 0.2) is 0 Å². The first-order valence-corrected chi connectivity index (χ1v) is 5.75. The predicted molar refractivity (Wildman–Crippen MR) is 64.2 cm³/mol. The summed E-state index contributed by atoms with van der Waals surface area (Å²) >= 11 is 5.94. The molecule has 2 rings (SSSR count). The van der Waals surface area contributed by atoms with Gasteiger partial charge in [-0.25, -0.2) is 0 Å². The van der Waals surface area contributed by atoms with Gasteiger partial charge >= 0.3 is 0 Å². The van der Waals surface area contributed by atoms with E-state index in [1.165, 1.54) is 0 Å². The molecule has 86 valence electrons. The minimum atomic E-state index is -0.475. The number of rotatable bonds is 3. The Kier molecular flexibility index (Phi) is 2.91. The number of hydrogen-bond donors (Lipinski definition) is 2. The van der Waals surface area contributed by atoms with Crippen LogP contribution in [0.15, 0.2) is 24.3 Å². The van der Waals surface area contributed by atoms with Crippen molar-refractivity contribution in [1.29, 1.82) is 0 Å². The molecule has 16 heavy (non-hydrogen) atoms. The first-order chi connectivity index (χ1) is 7.53. The van der Waals surface area contributed by atoms with E-state index in [4.69, 9.17) is 17.3 Å². The van der Waals surface area contributed by atoms with Crippen LogP contribution in [0.2, 0.25) is 5.02 Å². The second kappa shape index (κ2) is 4.07. The van der Waals surface area contributed by atoms with Gasteiger partial charge < -0.3 is 11.1 Å². The highest BCUT2D eigenvalue weighted by Crippen LogP contribution is 2.45. The van der Waals surface area contributed by atoms with Crippen molar-refractivity contribution in [3.63, 3.8) is 0 Å². The zero-order valence-electron chi connectivity index (χ0n) is 9.16. The summed E-state index contributed by atoms with van der Waals surface area (Å²) in [6.07, 6.45) is 1.90. The number of carbonyl (C=O) groups is 1. The van der Waals surface area contributed by atoms with Gasteiger partial charge in [0.1, 0.15) is 0 Å². The molecule has 1 aromatic rings. The van der Waals surface area contributed by atoms with Crippen LogP contribution in [0.5, 0.6) is 0 Å². The first kappa shape index (κ1) is 11.4. The van der Waals surface area contributed by atoms with Crippen molar-refractivity contribution in [3.05, 3.63) is 34.9 Å². The molecule has 4 heteroatoms. The lowest BCUT2D eigenvalue weighted by Gasteiger charge is -2.19. The standard InChI is InChI=1S/C12H15ClN2O/c1-8(14)11(16)15-12(5-6-12)9-3-2-4-10(13)7-9/h2-4,7-8H,5-6,14H2,1H3,(H,15,16)/t8-/m0/s1. The number of nitrogens with two attached hydrogens (primary N) is 1. The van der Waals surface area contributed by atoms with Crippen molar-refractivity contribution in [2.24, 2.45) is 5.73 Å². The second-order valence-corrected chi connectivity index (χ2v) is 4.81. The van der Waals surface area contributed by atoms with E-state index in [-0.39, 0.29) is 11.4 Å². The molecule has 1 fully saturated rings. The highest BCUT2D eigenvalue weighted by Gasteiger charge is 2.45. The van der Waals surface area contributed by atoms with Gasteiger partial charge in [0.2, 0.25) is 5.91 Å². The van der Waals surface area contributed by atoms with Crippen LogP contribution in [0, 0.1) is 0 Å². The average Bonchev–Trinajstić information content (AvgIpc) is 2.99. The van der Waals surface area contributed by atoms with E-state index in [2.05, 4.69) is 5.32 Å². The number of hydrogen-bond acceptors (Lipinski definition) is 2. The summed E-state index contributed by atoms with van der Waals surface area (Å²) in [5, 5.41) is 3.68. The normalized spacial score (nSPS) is 18.9. The molecular formula is C12H15ClN2O. The molecule has 0 unspecified atom stereocenters. The van der Waals surface area contributed by atoms with Crippen LogP contribution < -0.4 is 11.1 Å². The van der Waals surface area contributed by atoms with Crippen molar-refractivity contribution in [2.75, 3.05) is 0 Å². The SMILES string of the molecule is C[C@H](N)C(=O)NC1(c2cccc(Cl)c2)CC1. The lowest BCUT2D eigenvalue weighted by molar-refractivity contribution is -0.123. The molecule has 1 aliphatic rings. The van der Waals surface area contributed by atoms with Crippen LogP contribution in [0.4, 0.5) is 0 Å². The highest BCUT2D eigenvalue weighted by atomic mass is 35.5. The van der Waals surface area contributed by atoms with Crippen molar-refractivity contribution < 1.29 is 4.79 Å². The van der Waals surface area contributed by atoms with Gasteiger partial charge in [-0.2, -0.15) is 0 Å². The predicted octanol–water partition coefficient (Wildman–Crippen LogP) is 1.79. The number of amides is 1. The lowest BCUT2D eigenvalue weighted by Crippen LogP contribution is -2.44. The maximum atomic E-state index is 11.6. The van der Waals surface area contributed by atoms with Crippen LogP contribution in [0.3, 0.4) is 0 Å². The summed E-state index contributed by atoms with van der Waals surface area (Å²) in [6.45, 7) is 1.68. The molecule has 1 aliphatic carbocycles. The number of halogens is 1. The molecular weight excluding hydrogens is 224 g/mol. The number of benzene rings is 1. The molecule has 1 amide bonds. The molecule has 0 radical (unpaired) electrons. The summed E-state index contributed by atoms with van der Waals surface area (Å²) in [7, 11) is 0. The molecule has 1 saturated carbocycles. The number of nitrogens with one attached hydrogen (secondary N) is 1. The van der Waals surface area contributed by atoms with Crippen LogP contribution in [-0.2, 0) is 10.3 Å². The third-order valence-corrected chi connectivity index (χ3v) is 3.14. The van der Waals surface area contributed by atoms with Gasteiger partial charge in [0, 0.05) is 5.02 Å². The topological polar surface area (TPSA) is 55.1 Å². The molecule has 0 bridgehead atoms. The van der Waals surface area contributed by atoms with Crippen molar-refractivity contribution in [1.82, 2.24) is 5.32 Å². The van der Waals surface area contributed by atoms with Gasteiger partial charge in [-0.1, -0.05) is 23.7 Å². The summed E-state index contributed by atoms with van der Waals surface area (Å²) in [6, 6.07) is 7.14. The molecule has 0 saturated heterocycles. The fourth-order valence-electron chi connectivity index (χ4n) is 1.75. The van der Waals surface area contributed by atoms with Gasteiger partial charge in [-0.15, -0.1) is 0 Å². The number of carbonyl (C=O) groups excluding carboxylic acids is 1. The van der Waals surface area contributed by atoms with Crippen LogP contribution in [0.1, 0.15) is 25.3 Å². The second-order valence-electron chi connectivity index (χ2n) is 4.37. The van der Waals surface area contributed by atoms with E-state index >= 15 is 0 Å². The van der Waals surface area contributed by atoms with Crippen molar-refractivity contribution in [3.8, 4) is 0 Å². The zero-order valence-corrected chi connectivity index (χ0v) is 9.92. The molecule has 0 spiro atoms. The van der Waals surface area contributed by atoms with Gasteiger partial charge in [-0.05, 0) is 37.5 Å². The monoisotopic (exact) mass is 238 g/mol. The molecule has 1 aromatic carbocycles. The van der Waals surface area contributed by atoms with Crippen LogP contribution >= 0.6 is 11.6 Å². The fourth-order valence-corrected chi connectivity index (χ4v) is 1.94. The maximum Gasteiger partial charge on any atom is 0.237 e. The average molecular weight is 239 g/mol. The minimum Gasteiger partial charge on any atom is -0.345 e. The summed E-state index contributed by atoms with van der Waals surface area (Å²) in [5.41, 5.74) is 6.38. The van der Waals surface area contributed by atoms with E-state index in [9.17, 15) is 4.79 Å². The lowest BCUT2D eigenvalue weighted by atomic mass is 10.0. The van der Waals surface area contributed by atoms with Gasteiger partial charge in [0.05, 0.1) is 11.6 Å². The Morgan fingerprint density at radius 3 is 2.75 bits per heavy atom. The summed E-state index contributed by atoms with van der Waals surface area (Å²) in [5.74, 6) is -0.113. The van der Waals surface area contributed by atoms with E-state index in [0.717, 1.165) is 18.4 Å². The third kappa shape index (κ3) is 2.20. The Balaban J connectivity index is 2.17. The van der Waals surface area contributed by atoms with Crippen molar-refractivity contribution in [2.45, 2.75) is 31.3 Å². The molecule has 3 N–H and O–H groups in total. The Bertz CT molecular complexity index is 413. The third-order valence-electron chi connectivity index (χ3n) is 2.90. The van der Waals surface area contributed by atoms with E-state index in [0.29, 0.717) is 5.02 Å². The Morgan fingerprint density at radius 1 is 1.56 bits per heavy atom. The first-order valence-electron chi connectivity index (χ1n) is 5.37. The zero-order chi connectivity index (χ0) is 11.8. The van der Waals surface area contributed by atoms with E-state index < -0.39 is 6.04 Å². The fraction of sp³-hybridized carbons (Fsp3) is 0.417. The Labute approximate surface area is 100.0 Å².